The molecule has 0 heterocycles. The molecule has 24 heavy (non-hydrogen) atoms. The molecule has 0 saturated carbocycles. The van der Waals surface area contributed by atoms with Gasteiger partial charge in [0.05, 0.1) is 4.90 Å². The normalized spacial score (nSPS) is 11.5. The number of ether oxygens (including phenoxy) is 1. The summed E-state index contributed by atoms with van der Waals surface area (Å²) in [7, 11) is -0.470. The van der Waals surface area contributed by atoms with E-state index in [-0.39, 0.29) is 10.7 Å². The van der Waals surface area contributed by atoms with Gasteiger partial charge in [-0.2, -0.15) is 0 Å². The number of aryl methyl sites for hydroxylation is 1. The quantitative estimate of drug-likeness (QED) is 0.779. The van der Waals surface area contributed by atoms with Crippen molar-refractivity contribution in [1.29, 1.82) is 0 Å². The van der Waals surface area contributed by atoms with Crippen molar-refractivity contribution in [3.63, 3.8) is 0 Å². The molecular weight excluding hydrogens is 331 g/mol. The lowest BCUT2D eigenvalue weighted by Gasteiger charge is -2.15. The van der Waals surface area contributed by atoms with Crippen molar-refractivity contribution in [2.45, 2.75) is 11.8 Å². The second-order valence-corrected chi connectivity index (χ2v) is 7.65. The lowest BCUT2D eigenvalue weighted by atomic mass is 10.2. The van der Waals surface area contributed by atoms with Crippen molar-refractivity contribution in [2.24, 2.45) is 0 Å². The zero-order chi connectivity index (χ0) is 17.7. The molecule has 0 amide bonds. The molecule has 2 rings (SSSR count). The largest absolute Gasteiger partial charge is 0.492 e. The standard InChI is InChI=1S/C17H21FN2O3S/c1-13-4-9-16(24(21,22)20(2)3)12-17(13)19-10-11-23-15-7-5-14(18)6-8-15/h4-9,12,19H,10-11H2,1-3H3. The highest BCUT2D eigenvalue weighted by Crippen LogP contribution is 2.21. The molecule has 0 unspecified atom stereocenters. The molecule has 0 saturated heterocycles. The molecule has 0 aromatic heterocycles. The van der Waals surface area contributed by atoms with Gasteiger partial charge < -0.3 is 10.1 Å². The maximum Gasteiger partial charge on any atom is 0.242 e. The minimum absolute atomic E-state index is 0.236. The minimum Gasteiger partial charge on any atom is -0.492 e. The van der Waals surface area contributed by atoms with Crippen molar-refractivity contribution in [3.05, 3.63) is 53.8 Å². The lowest BCUT2D eigenvalue weighted by Crippen LogP contribution is -2.22. The van der Waals surface area contributed by atoms with Gasteiger partial charge in [0.2, 0.25) is 10.0 Å². The Labute approximate surface area is 142 Å². The van der Waals surface area contributed by atoms with E-state index < -0.39 is 10.0 Å². The first kappa shape index (κ1) is 18.2. The van der Waals surface area contributed by atoms with Crippen LogP contribution in [0, 0.1) is 12.7 Å². The lowest BCUT2D eigenvalue weighted by molar-refractivity contribution is 0.332. The molecule has 130 valence electrons. The van der Waals surface area contributed by atoms with Gasteiger partial charge in [0.1, 0.15) is 18.2 Å². The first-order valence-corrected chi connectivity index (χ1v) is 8.90. The van der Waals surface area contributed by atoms with Gasteiger partial charge in [0.25, 0.3) is 0 Å². The summed E-state index contributed by atoms with van der Waals surface area (Å²) in [6.45, 7) is 2.76. The van der Waals surface area contributed by atoms with Gasteiger partial charge in [-0.05, 0) is 48.9 Å². The second-order valence-electron chi connectivity index (χ2n) is 5.49. The van der Waals surface area contributed by atoms with Gasteiger partial charge >= 0.3 is 0 Å². The maximum atomic E-state index is 12.8. The topological polar surface area (TPSA) is 58.6 Å². The molecule has 2 aromatic carbocycles. The number of nitrogens with zero attached hydrogens (tertiary/aromatic N) is 1. The summed E-state index contributed by atoms with van der Waals surface area (Å²) in [5, 5.41) is 3.16. The molecule has 0 aliphatic carbocycles. The number of benzene rings is 2. The Morgan fingerprint density at radius 3 is 2.42 bits per heavy atom. The van der Waals surface area contributed by atoms with Gasteiger partial charge in [-0.15, -0.1) is 0 Å². The zero-order valence-electron chi connectivity index (χ0n) is 13.9. The van der Waals surface area contributed by atoms with Crippen molar-refractivity contribution < 1.29 is 17.5 Å². The van der Waals surface area contributed by atoms with E-state index in [1.807, 2.05) is 6.92 Å². The van der Waals surface area contributed by atoms with E-state index in [1.165, 1.54) is 30.5 Å². The van der Waals surface area contributed by atoms with Crippen LogP contribution in [-0.2, 0) is 10.0 Å². The number of hydrogen-bond acceptors (Lipinski definition) is 4. The maximum absolute atomic E-state index is 12.8. The molecule has 0 fully saturated rings. The van der Waals surface area contributed by atoms with E-state index in [0.29, 0.717) is 18.9 Å². The molecule has 0 atom stereocenters. The predicted molar refractivity (Wildman–Crippen MR) is 92.4 cm³/mol. The number of anilines is 1. The van der Waals surface area contributed by atoms with E-state index in [9.17, 15) is 12.8 Å². The van der Waals surface area contributed by atoms with E-state index >= 15 is 0 Å². The fraction of sp³-hybridized carbons (Fsp3) is 0.294. The smallest absolute Gasteiger partial charge is 0.242 e. The monoisotopic (exact) mass is 352 g/mol. The summed E-state index contributed by atoms with van der Waals surface area (Å²) in [6, 6.07) is 10.8. The highest BCUT2D eigenvalue weighted by molar-refractivity contribution is 7.89. The third kappa shape index (κ3) is 4.46. The minimum atomic E-state index is -3.47. The van der Waals surface area contributed by atoms with Crippen LogP contribution in [-0.4, -0.2) is 40.0 Å². The van der Waals surface area contributed by atoms with Gasteiger partial charge in [0, 0.05) is 26.3 Å². The van der Waals surface area contributed by atoms with E-state index in [2.05, 4.69) is 5.32 Å². The first-order chi connectivity index (χ1) is 11.3. The van der Waals surface area contributed by atoms with Crippen molar-refractivity contribution in [3.8, 4) is 5.75 Å². The third-order valence-electron chi connectivity index (χ3n) is 3.49. The number of halogens is 1. The van der Waals surface area contributed by atoms with Gasteiger partial charge in [-0.1, -0.05) is 6.07 Å². The Morgan fingerprint density at radius 2 is 1.79 bits per heavy atom. The third-order valence-corrected chi connectivity index (χ3v) is 5.30. The van der Waals surface area contributed by atoms with Crippen LogP contribution in [0.2, 0.25) is 0 Å². The Balaban J connectivity index is 1.98. The molecule has 7 heteroatoms. The summed E-state index contributed by atoms with van der Waals surface area (Å²) >= 11 is 0. The summed E-state index contributed by atoms with van der Waals surface area (Å²) in [5.41, 5.74) is 1.68. The van der Waals surface area contributed by atoms with Crippen molar-refractivity contribution >= 4 is 15.7 Å². The van der Waals surface area contributed by atoms with Gasteiger partial charge in [-0.3, -0.25) is 0 Å². The molecule has 0 aliphatic heterocycles. The van der Waals surface area contributed by atoms with Crippen molar-refractivity contribution in [1.82, 2.24) is 4.31 Å². The average Bonchev–Trinajstić information content (AvgIpc) is 2.54. The first-order valence-electron chi connectivity index (χ1n) is 7.46. The van der Waals surface area contributed by atoms with Gasteiger partial charge in [0.15, 0.2) is 0 Å². The van der Waals surface area contributed by atoms with Crippen LogP contribution >= 0.6 is 0 Å². The molecule has 0 aliphatic rings. The second kappa shape index (κ2) is 7.63. The zero-order valence-corrected chi connectivity index (χ0v) is 14.7. The summed E-state index contributed by atoms with van der Waals surface area (Å²) in [6.07, 6.45) is 0. The van der Waals surface area contributed by atoms with Crippen LogP contribution in [0.5, 0.6) is 5.75 Å². The fourth-order valence-electron chi connectivity index (χ4n) is 2.05. The molecule has 0 bridgehead atoms. The molecular formula is C17H21FN2O3S. The van der Waals surface area contributed by atoms with Gasteiger partial charge in [-0.25, -0.2) is 17.1 Å². The Kier molecular flexibility index (Phi) is 5.80. The van der Waals surface area contributed by atoms with Crippen LogP contribution < -0.4 is 10.1 Å². The highest BCUT2D eigenvalue weighted by atomic mass is 32.2. The molecule has 5 nitrogen and oxygen atoms in total. The summed E-state index contributed by atoms with van der Waals surface area (Å²) in [5.74, 6) is 0.272. The van der Waals surface area contributed by atoms with Crippen LogP contribution in [0.15, 0.2) is 47.4 Å². The highest BCUT2D eigenvalue weighted by Gasteiger charge is 2.17. The average molecular weight is 352 g/mol. The van der Waals surface area contributed by atoms with Crippen LogP contribution in [0.3, 0.4) is 0 Å². The SMILES string of the molecule is Cc1ccc(S(=O)(=O)N(C)C)cc1NCCOc1ccc(F)cc1. The van der Waals surface area contributed by atoms with Crippen molar-refractivity contribution in [2.75, 3.05) is 32.6 Å². The number of nitrogens with one attached hydrogen (secondary N) is 1. The number of rotatable bonds is 7. The Morgan fingerprint density at radius 1 is 1.12 bits per heavy atom. The Hall–Kier alpha value is -2.12. The van der Waals surface area contributed by atoms with Crippen LogP contribution in [0.25, 0.3) is 0 Å². The van der Waals surface area contributed by atoms with E-state index in [4.69, 9.17) is 4.74 Å². The molecule has 0 spiro atoms. The van der Waals surface area contributed by atoms with E-state index in [1.54, 1.807) is 30.3 Å². The fourth-order valence-corrected chi connectivity index (χ4v) is 2.98. The number of sulfonamides is 1. The molecule has 2 aromatic rings. The summed E-state index contributed by atoms with van der Waals surface area (Å²) in [4.78, 5) is 0.236. The van der Waals surface area contributed by atoms with E-state index in [0.717, 1.165) is 11.3 Å². The molecule has 1 N–H and O–H groups in total. The number of hydrogen-bond donors (Lipinski definition) is 1. The predicted octanol–water partition coefficient (Wildman–Crippen LogP) is 2.88. The van der Waals surface area contributed by atoms with Crippen LogP contribution in [0.4, 0.5) is 10.1 Å². The molecule has 0 radical (unpaired) electrons. The Bertz CT molecular complexity index is 790. The summed E-state index contributed by atoms with van der Waals surface area (Å²) < 4.78 is 43.9. The van der Waals surface area contributed by atoms with Crippen LogP contribution in [0.1, 0.15) is 5.56 Å².